The Morgan fingerprint density at radius 3 is 2.88 bits per heavy atom. The van der Waals surface area contributed by atoms with Gasteiger partial charge in [-0.05, 0) is 49.6 Å². The highest BCUT2D eigenvalue weighted by Crippen LogP contribution is 2.38. The maximum atomic E-state index is 12.4. The van der Waals surface area contributed by atoms with Crippen LogP contribution in [0, 0.1) is 0 Å². The van der Waals surface area contributed by atoms with E-state index in [1.165, 1.54) is 11.3 Å². The van der Waals surface area contributed by atoms with Gasteiger partial charge in [0.15, 0.2) is 0 Å². The van der Waals surface area contributed by atoms with E-state index in [4.69, 9.17) is 17.3 Å². The van der Waals surface area contributed by atoms with Crippen molar-refractivity contribution in [1.82, 2.24) is 4.90 Å². The largest absolute Gasteiger partial charge is 0.365 e. The van der Waals surface area contributed by atoms with Gasteiger partial charge in [-0.2, -0.15) is 0 Å². The van der Waals surface area contributed by atoms with Gasteiger partial charge in [0.1, 0.15) is 5.00 Å². The number of benzene rings is 1. The number of hydrogen-bond acceptors (Lipinski definition) is 4. The van der Waals surface area contributed by atoms with Crippen LogP contribution < -0.4 is 11.1 Å². The van der Waals surface area contributed by atoms with Gasteiger partial charge < -0.3 is 11.1 Å². The lowest BCUT2D eigenvalue weighted by molar-refractivity contribution is -0.117. The lowest BCUT2D eigenvalue weighted by Gasteiger charge is -2.16. The molecule has 0 saturated heterocycles. The third-order valence-electron chi connectivity index (χ3n) is 4.18. The van der Waals surface area contributed by atoms with Gasteiger partial charge in [0, 0.05) is 16.4 Å². The molecule has 0 atom stereocenters. The Morgan fingerprint density at radius 2 is 2.16 bits per heavy atom. The van der Waals surface area contributed by atoms with E-state index in [0.717, 1.165) is 35.3 Å². The quantitative estimate of drug-likeness (QED) is 0.812. The van der Waals surface area contributed by atoms with Crippen molar-refractivity contribution in [3.8, 4) is 0 Å². The van der Waals surface area contributed by atoms with Gasteiger partial charge in [-0.15, -0.1) is 11.3 Å². The minimum atomic E-state index is -0.470. The predicted molar refractivity (Wildman–Crippen MR) is 101 cm³/mol. The summed E-state index contributed by atoms with van der Waals surface area (Å²) in [5.74, 6) is -0.631. The lowest BCUT2D eigenvalue weighted by atomic mass is 10.1. The summed E-state index contributed by atoms with van der Waals surface area (Å²) in [6, 6.07) is 7.55. The summed E-state index contributed by atoms with van der Waals surface area (Å²) in [4.78, 5) is 27.2. The maximum Gasteiger partial charge on any atom is 0.251 e. The van der Waals surface area contributed by atoms with Gasteiger partial charge in [0.25, 0.3) is 5.91 Å². The molecule has 0 saturated carbocycles. The molecule has 7 heteroatoms. The van der Waals surface area contributed by atoms with Crippen LogP contribution in [0.5, 0.6) is 0 Å². The Morgan fingerprint density at radius 1 is 1.36 bits per heavy atom. The van der Waals surface area contributed by atoms with Crippen LogP contribution >= 0.6 is 22.9 Å². The fourth-order valence-corrected chi connectivity index (χ4v) is 4.69. The van der Waals surface area contributed by atoms with E-state index in [-0.39, 0.29) is 12.5 Å². The molecule has 0 fully saturated rings. The second kappa shape index (κ2) is 7.56. The molecule has 0 unspecified atom stereocenters. The Labute approximate surface area is 155 Å². The Kier molecular flexibility index (Phi) is 5.42. The number of fused-ring (bicyclic) bond motifs is 1. The number of carbonyl (C=O) groups excluding carboxylic acids is 2. The molecule has 2 amide bonds. The third-order valence-corrected chi connectivity index (χ3v) is 5.62. The molecule has 5 nitrogen and oxygen atoms in total. The van der Waals surface area contributed by atoms with Gasteiger partial charge >= 0.3 is 0 Å². The van der Waals surface area contributed by atoms with Crippen LogP contribution in [0.3, 0.4) is 0 Å². The van der Waals surface area contributed by atoms with Crippen molar-refractivity contribution < 1.29 is 9.59 Å². The second-order valence-corrected chi connectivity index (χ2v) is 7.82. The summed E-state index contributed by atoms with van der Waals surface area (Å²) < 4.78 is 0. The molecule has 0 bridgehead atoms. The molecule has 3 N–H and O–H groups in total. The number of amides is 2. The van der Waals surface area contributed by atoms with Crippen LogP contribution in [0.1, 0.15) is 32.8 Å². The van der Waals surface area contributed by atoms with Gasteiger partial charge in [0.2, 0.25) is 5.91 Å². The van der Waals surface area contributed by atoms with Gasteiger partial charge in [0.05, 0.1) is 12.1 Å². The normalized spacial score (nSPS) is 13.1. The molecule has 2 aromatic rings. The minimum Gasteiger partial charge on any atom is -0.365 e. The Bertz CT molecular complexity index is 819. The van der Waals surface area contributed by atoms with E-state index in [1.54, 1.807) is 0 Å². The zero-order valence-electron chi connectivity index (χ0n) is 14.0. The van der Waals surface area contributed by atoms with Crippen molar-refractivity contribution in [1.29, 1.82) is 0 Å². The average Bonchev–Trinajstić information content (AvgIpc) is 3.06. The van der Waals surface area contributed by atoms with Crippen LogP contribution in [0.25, 0.3) is 0 Å². The summed E-state index contributed by atoms with van der Waals surface area (Å²) in [5, 5.41) is 4.12. The molecule has 1 heterocycles. The fraction of sp³-hybridized carbons (Fsp3) is 0.333. The van der Waals surface area contributed by atoms with Crippen LogP contribution in [-0.2, 0) is 24.2 Å². The van der Waals surface area contributed by atoms with Crippen molar-refractivity contribution in [2.75, 3.05) is 18.9 Å². The number of anilines is 1. The number of thiophene rings is 1. The van der Waals surface area contributed by atoms with E-state index in [0.29, 0.717) is 22.1 Å². The standard InChI is InChI=1S/C18H20ClN3O2S/c1-22(9-11-4-2-5-12(19)8-11)10-15(23)21-18-16(17(20)24)13-6-3-7-14(13)25-18/h2,4-5,8H,3,6-7,9-10H2,1H3,(H2,20,24)(H,21,23). The monoisotopic (exact) mass is 377 g/mol. The van der Waals surface area contributed by atoms with Gasteiger partial charge in [-0.25, -0.2) is 0 Å². The maximum absolute atomic E-state index is 12.4. The molecular formula is C18H20ClN3O2S. The summed E-state index contributed by atoms with van der Waals surface area (Å²) in [7, 11) is 1.86. The average molecular weight is 378 g/mol. The first-order valence-corrected chi connectivity index (χ1v) is 9.30. The molecular weight excluding hydrogens is 358 g/mol. The first-order valence-electron chi connectivity index (χ1n) is 8.11. The summed E-state index contributed by atoms with van der Waals surface area (Å²) in [6.07, 6.45) is 2.84. The molecule has 1 aromatic carbocycles. The highest BCUT2D eigenvalue weighted by atomic mass is 35.5. The highest BCUT2D eigenvalue weighted by Gasteiger charge is 2.26. The molecule has 132 valence electrons. The van der Waals surface area contributed by atoms with Crippen molar-refractivity contribution in [3.63, 3.8) is 0 Å². The third kappa shape index (κ3) is 4.21. The molecule has 25 heavy (non-hydrogen) atoms. The lowest BCUT2D eigenvalue weighted by Crippen LogP contribution is -2.30. The summed E-state index contributed by atoms with van der Waals surface area (Å²) in [5.41, 5.74) is 8.06. The number of carbonyl (C=O) groups is 2. The molecule has 3 rings (SSSR count). The van der Waals surface area contributed by atoms with E-state index >= 15 is 0 Å². The number of primary amides is 1. The first kappa shape index (κ1) is 17.9. The van der Waals surface area contributed by atoms with Crippen LogP contribution in [-0.4, -0.2) is 30.3 Å². The Hall–Kier alpha value is -1.89. The molecule has 0 radical (unpaired) electrons. The molecule has 1 aliphatic rings. The van der Waals surface area contributed by atoms with E-state index in [1.807, 2.05) is 36.2 Å². The van der Waals surface area contributed by atoms with Crippen molar-refractivity contribution in [2.24, 2.45) is 5.73 Å². The van der Waals surface area contributed by atoms with Crippen LogP contribution in [0.4, 0.5) is 5.00 Å². The van der Waals surface area contributed by atoms with Crippen LogP contribution in [0.15, 0.2) is 24.3 Å². The predicted octanol–water partition coefficient (Wildman–Crippen LogP) is 3.06. The highest BCUT2D eigenvalue weighted by molar-refractivity contribution is 7.17. The molecule has 1 aromatic heterocycles. The number of aryl methyl sites for hydroxylation is 1. The van der Waals surface area contributed by atoms with Crippen LogP contribution in [0.2, 0.25) is 5.02 Å². The first-order chi connectivity index (χ1) is 11.9. The zero-order chi connectivity index (χ0) is 18.0. The van der Waals surface area contributed by atoms with Gasteiger partial charge in [-0.3, -0.25) is 14.5 Å². The number of rotatable bonds is 6. The number of nitrogens with one attached hydrogen (secondary N) is 1. The number of likely N-dealkylation sites (N-methyl/N-ethyl adjacent to an activating group) is 1. The van der Waals surface area contributed by atoms with E-state index < -0.39 is 5.91 Å². The van der Waals surface area contributed by atoms with Crippen molar-refractivity contribution >= 4 is 39.8 Å². The fourth-order valence-electron chi connectivity index (χ4n) is 3.17. The minimum absolute atomic E-state index is 0.160. The summed E-state index contributed by atoms with van der Waals surface area (Å²) >= 11 is 7.45. The molecule has 1 aliphatic carbocycles. The Balaban J connectivity index is 1.64. The second-order valence-electron chi connectivity index (χ2n) is 6.28. The number of nitrogens with zero attached hydrogens (tertiary/aromatic N) is 1. The van der Waals surface area contributed by atoms with Gasteiger partial charge in [-0.1, -0.05) is 23.7 Å². The summed E-state index contributed by atoms with van der Waals surface area (Å²) in [6.45, 7) is 0.824. The topological polar surface area (TPSA) is 75.4 Å². The van der Waals surface area contributed by atoms with Crippen molar-refractivity contribution in [2.45, 2.75) is 25.8 Å². The number of nitrogens with two attached hydrogens (primary N) is 1. The zero-order valence-corrected chi connectivity index (χ0v) is 15.5. The SMILES string of the molecule is CN(CC(=O)Nc1sc2c(c1C(N)=O)CCC2)Cc1cccc(Cl)c1. The molecule has 0 spiro atoms. The number of hydrogen-bond donors (Lipinski definition) is 2. The molecule has 0 aliphatic heterocycles. The van der Waals surface area contributed by atoms with E-state index in [2.05, 4.69) is 5.32 Å². The smallest absolute Gasteiger partial charge is 0.251 e. The number of halogens is 1. The van der Waals surface area contributed by atoms with E-state index in [9.17, 15) is 9.59 Å². The van der Waals surface area contributed by atoms with Crippen molar-refractivity contribution in [3.05, 3.63) is 50.9 Å².